The molecule has 0 spiro atoms. The first-order valence-corrected chi connectivity index (χ1v) is 8.38. The van der Waals surface area contributed by atoms with E-state index in [4.69, 9.17) is 27.9 Å². The molecule has 2 aliphatic rings. The highest BCUT2D eigenvalue weighted by molar-refractivity contribution is 6.35. The summed E-state index contributed by atoms with van der Waals surface area (Å²) in [5, 5.41) is 14.6. The van der Waals surface area contributed by atoms with E-state index in [9.17, 15) is 5.11 Å². The first-order chi connectivity index (χ1) is 10.1. The van der Waals surface area contributed by atoms with Gasteiger partial charge in [0.25, 0.3) is 0 Å². The van der Waals surface area contributed by atoms with Crippen LogP contribution in [0.25, 0.3) is 0 Å². The molecule has 0 amide bonds. The van der Waals surface area contributed by atoms with Crippen LogP contribution in [0.2, 0.25) is 10.0 Å². The third-order valence-electron chi connectivity index (χ3n) is 4.17. The fourth-order valence-electron chi connectivity index (χ4n) is 2.74. The molecule has 0 bridgehead atoms. The van der Waals surface area contributed by atoms with E-state index in [0.29, 0.717) is 28.4 Å². The Morgan fingerprint density at radius 1 is 1.19 bits per heavy atom. The molecular weight excluding hydrogens is 309 g/mol. The number of hydrogen-bond acceptors (Lipinski definition) is 3. The number of rotatable bonds is 8. The second-order valence-electron chi connectivity index (χ2n) is 6.15. The second-order valence-corrected chi connectivity index (χ2v) is 6.99. The maximum atomic E-state index is 10.1. The maximum Gasteiger partial charge on any atom is 0.138 e. The Morgan fingerprint density at radius 2 is 1.86 bits per heavy atom. The molecule has 21 heavy (non-hydrogen) atoms. The lowest BCUT2D eigenvalue weighted by atomic mass is 10.1. The number of halogens is 2. The van der Waals surface area contributed by atoms with Crippen LogP contribution in [0.4, 0.5) is 0 Å². The minimum atomic E-state index is -0.531. The van der Waals surface area contributed by atoms with E-state index in [2.05, 4.69) is 5.32 Å². The summed E-state index contributed by atoms with van der Waals surface area (Å²) in [5.74, 6) is 2.22. The first-order valence-electron chi connectivity index (χ1n) is 7.63. The molecule has 0 aliphatic heterocycles. The molecule has 2 N–H and O–H groups in total. The van der Waals surface area contributed by atoms with Crippen molar-refractivity contribution in [2.75, 3.05) is 13.2 Å². The van der Waals surface area contributed by atoms with Crippen LogP contribution < -0.4 is 10.1 Å². The van der Waals surface area contributed by atoms with Crippen LogP contribution in [0.1, 0.15) is 25.7 Å². The summed E-state index contributed by atoms with van der Waals surface area (Å²) in [7, 11) is 0. The van der Waals surface area contributed by atoms with Crippen LogP contribution in [-0.2, 0) is 0 Å². The van der Waals surface area contributed by atoms with Crippen molar-refractivity contribution >= 4 is 23.2 Å². The van der Waals surface area contributed by atoms with Crippen molar-refractivity contribution in [3.05, 3.63) is 28.2 Å². The molecule has 5 heteroatoms. The van der Waals surface area contributed by atoms with Crippen molar-refractivity contribution in [1.82, 2.24) is 5.32 Å². The van der Waals surface area contributed by atoms with Crippen molar-refractivity contribution in [3.63, 3.8) is 0 Å². The molecule has 1 unspecified atom stereocenters. The summed E-state index contributed by atoms with van der Waals surface area (Å²) in [5.41, 5.74) is 0. The van der Waals surface area contributed by atoms with Crippen molar-refractivity contribution in [2.45, 2.75) is 37.8 Å². The summed E-state index contributed by atoms with van der Waals surface area (Å²) in [4.78, 5) is 0. The third-order valence-corrected chi connectivity index (χ3v) is 4.70. The molecule has 0 radical (unpaired) electrons. The van der Waals surface area contributed by atoms with E-state index in [1.165, 1.54) is 25.7 Å². The lowest BCUT2D eigenvalue weighted by molar-refractivity contribution is 0.102. The van der Waals surface area contributed by atoms with Gasteiger partial charge in [0.15, 0.2) is 0 Å². The molecule has 116 valence electrons. The summed E-state index contributed by atoms with van der Waals surface area (Å²) in [6, 6.07) is 5.68. The number of hydrogen-bond donors (Lipinski definition) is 2. The van der Waals surface area contributed by atoms with Gasteiger partial charge in [-0.1, -0.05) is 23.2 Å². The van der Waals surface area contributed by atoms with Gasteiger partial charge in [0, 0.05) is 17.6 Å². The first kappa shape index (κ1) is 15.4. The molecule has 1 aromatic rings. The summed E-state index contributed by atoms with van der Waals surface area (Å²) in [6.45, 7) is 0.805. The van der Waals surface area contributed by atoms with Crippen LogP contribution in [0, 0.1) is 11.8 Å². The van der Waals surface area contributed by atoms with E-state index < -0.39 is 6.10 Å². The Kier molecular flexibility index (Phi) is 4.95. The van der Waals surface area contributed by atoms with Crippen LogP contribution >= 0.6 is 23.2 Å². The highest BCUT2D eigenvalue weighted by Gasteiger charge is 2.41. The second kappa shape index (κ2) is 6.74. The zero-order valence-electron chi connectivity index (χ0n) is 11.9. The fourth-order valence-corrected chi connectivity index (χ4v) is 3.20. The van der Waals surface area contributed by atoms with Gasteiger partial charge in [-0.25, -0.2) is 0 Å². The van der Waals surface area contributed by atoms with Gasteiger partial charge in [0.05, 0.1) is 5.02 Å². The molecule has 3 rings (SSSR count). The molecule has 2 saturated carbocycles. The quantitative estimate of drug-likeness (QED) is 0.766. The van der Waals surface area contributed by atoms with Crippen LogP contribution in [-0.4, -0.2) is 30.4 Å². The van der Waals surface area contributed by atoms with Crippen molar-refractivity contribution in [3.8, 4) is 5.75 Å². The Bertz CT molecular complexity index is 477. The smallest absolute Gasteiger partial charge is 0.138 e. The van der Waals surface area contributed by atoms with Crippen LogP contribution in [0.15, 0.2) is 18.2 Å². The highest BCUT2D eigenvalue weighted by atomic mass is 35.5. The lowest BCUT2D eigenvalue weighted by Gasteiger charge is -2.20. The zero-order chi connectivity index (χ0) is 14.8. The van der Waals surface area contributed by atoms with E-state index in [-0.39, 0.29) is 6.61 Å². The number of ether oxygens (including phenoxy) is 1. The number of aliphatic hydroxyl groups is 1. The topological polar surface area (TPSA) is 41.5 Å². The van der Waals surface area contributed by atoms with E-state index >= 15 is 0 Å². The van der Waals surface area contributed by atoms with E-state index in [1.54, 1.807) is 18.2 Å². The predicted octanol–water partition coefficient (Wildman–Crippen LogP) is 3.51. The number of benzene rings is 1. The zero-order valence-corrected chi connectivity index (χ0v) is 13.4. The van der Waals surface area contributed by atoms with Gasteiger partial charge >= 0.3 is 0 Å². The molecule has 1 aromatic carbocycles. The third kappa shape index (κ3) is 4.49. The molecule has 0 aromatic heterocycles. The molecule has 3 nitrogen and oxygen atoms in total. The Labute approximate surface area is 135 Å². The summed E-state index contributed by atoms with van der Waals surface area (Å²) < 4.78 is 5.56. The minimum absolute atomic E-state index is 0.233. The average Bonchev–Trinajstić information content (AvgIpc) is 3.31. The van der Waals surface area contributed by atoms with Gasteiger partial charge in [0.2, 0.25) is 0 Å². The highest BCUT2D eigenvalue weighted by Crippen LogP contribution is 2.44. The van der Waals surface area contributed by atoms with Gasteiger partial charge in [-0.2, -0.15) is 0 Å². The maximum absolute atomic E-state index is 10.1. The summed E-state index contributed by atoms with van der Waals surface area (Å²) in [6.07, 6.45) is 4.81. The average molecular weight is 330 g/mol. The lowest BCUT2D eigenvalue weighted by Crippen LogP contribution is -2.40. The Balaban J connectivity index is 1.42. The van der Waals surface area contributed by atoms with Gasteiger partial charge in [-0.15, -0.1) is 0 Å². The molecule has 0 heterocycles. The van der Waals surface area contributed by atoms with Crippen LogP contribution in [0.5, 0.6) is 5.75 Å². The van der Waals surface area contributed by atoms with E-state index in [0.717, 1.165) is 11.8 Å². The van der Waals surface area contributed by atoms with Gasteiger partial charge < -0.3 is 15.2 Å². The Morgan fingerprint density at radius 3 is 2.43 bits per heavy atom. The van der Waals surface area contributed by atoms with Crippen molar-refractivity contribution in [2.24, 2.45) is 11.8 Å². The largest absolute Gasteiger partial charge is 0.489 e. The standard InChI is InChI=1S/C16H21Cl2NO2/c17-12-5-6-15(14(18)7-12)21-9-13(20)8-19-16(10-1-2-10)11-3-4-11/h5-7,10-11,13,16,19-20H,1-4,8-9H2. The van der Waals surface area contributed by atoms with Gasteiger partial charge in [-0.05, 0) is 55.7 Å². The summed E-state index contributed by atoms with van der Waals surface area (Å²) >= 11 is 11.9. The Hall–Kier alpha value is -0.480. The molecule has 0 saturated heterocycles. The van der Waals surface area contributed by atoms with Crippen molar-refractivity contribution in [1.29, 1.82) is 0 Å². The molecular formula is C16H21Cl2NO2. The fraction of sp³-hybridized carbons (Fsp3) is 0.625. The molecule has 2 fully saturated rings. The predicted molar refractivity (Wildman–Crippen MR) is 85.2 cm³/mol. The van der Waals surface area contributed by atoms with Gasteiger partial charge in [0.1, 0.15) is 18.5 Å². The SMILES string of the molecule is OC(CNC(C1CC1)C1CC1)COc1ccc(Cl)cc1Cl. The monoisotopic (exact) mass is 329 g/mol. The number of aliphatic hydroxyl groups excluding tert-OH is 1. The molecule has 1 atom stereocenters. The van der Waals surface area contributed by atoms with Crippen LogP contribution in [0.3, 0.4) is 0 Å². The number of nitrogens with one attached hydrogen (secondary N) is 1. The van der Waals surface area contributed by atoms with E-state index in [1.807, 2.05) is 0 Å². The van der Waals surface area contributed by atoms with Gasteiger partial charge in [-0.3, -0.25) is 0 Å². The minimum Gasteiger partial charge on any atom is -0.489 e. The van der Waals surface area contributed by atoms with Crippen molar-refractivity contribution < 1.29 is 9.84 Å². The normalized spacial score (nSPS) is 19.8. The molecule has 2 aliphatic carbocycles.